The van der Waals surface area contributed by atoms with Crippen LogP contribution in [0.15, 0.2) is 36.5 Å². The van der Waals surface area contributed by atoms with Gasteiger partial charge in [-0.2, -0.15) is 0 Å². The highest BCUT2D eigenvalue weighted by Crippen LogP contribution is 2.47. The first-order chi connectivity index (χ1) is 10.2. The summed E-state index contributed by atoms with van der Waals surface area (Å²) in [4.78, 5) is 12.1. The van der Waals surface area contributed by atoms with Crippen LogP contribution < -0.4 is 5.32 Å². The summed E-state index contributed by atoms with van der Waals surface area (Å²) in [6, 6.07) is 9.53. The topological polar surface area (TPSA) is 80.0 Å². The Kier molecular flexibility index (Phi) is 3.70. The van der Waals surface area contributed by atoms with Crippen molar-refractivity contribution in [1.29, 1.82) is 0 Å². The van der Waals surface area contributed by atoms with E-state index in [0.29, 0.717) is 12.2 Å². The maximum absolute atomic E-state index is 12.1. The van der Waals surface area contributed by atoms with E-state index in [2.05, 4.69) is 15.6 Å². The molecule has 1 saturated carbocycles. The van der Waals surface area contributed by atoms with Crippen LogP contribution in [-0.2, 0) is 0 Å². The predicted octanol–water partition coefficient (Wildman–Crippen LogP) is 1.16. The quantitative estimate of drug-likeness (QED) is 0.835. The second-order valence-electron chi connectivity index (χ2n) is 5.54. The van der Waals surface area contributed by atoms with Gasteiger partial charge in [0.15, 0.2) is 5.69 Å². The third-order valence-corrected chi connectivity index (χ3v) is 3.97. The van der Waals surface area contributed by atoms with E-state index in [1.54, 1.807) is 10.9 Å². The van der Waals surface area contributed by atoms with Gasteiger partial charge in [0.25, 0.3) is 5.91 Å². The lowest BCUT2D eigenvalue weighted by Crippen LogP contribution is -2.31. The maximum Gasteiger partial charge on any atom is 0.273 e. The minimum absolute atomic E-state index is 0.0971. The summed E-state index contributed by atoms with van der Waals surface area (Å²) in [5.74, 6) is -0.221. The lowest BCUT2D eigenvalue weighted by atomic mass is 10.0. The van der Waals surface area contributed by atoms with Crippen LogP contribution in [0.5, 0.6) is 0 Å². The summed E-state index contributed by atoms with van der Waals surface area (Å²) >= 11 is 0. The molecule has 0 unspecified atom stereocenters. The number of amides is 1. The zero-order chi connectivity index (χ0) is 14.7. The van der Waals surface area contributed by atoms with E-state index < -0.39 is 0 Å². The Morgan fingerprint density at radius 2 is 2.10 bits per heavy atom. The van der Waals surface area contributed by atoms with Crippen molar-refractivity contribution < 1.29 is 9.90 Å². The Balaban J connectivity index is 1.62. The monoisotopic (exact) mass is 286 g/mol. The molecule has 110 valence electrons. The van der Waals surface area contributed by atoms with Crippen LogP contribution in [0, 0.1) is 5.41 Å². The van der Waals surface area contributed by atoms with Gasteiger partial charge in [0.05, 0.1) is 11.9 Å². The van der Waals surface area contributed by atoms with Crippen molar-refractivity contribution in [3.05, 3.63) is 42.2 Å². The second-order valence-corrected chi connectivity index (χ2v) is 5.54. The number of hydrogen-bond donors (Lipinski definition) is 2. The van der Waals surface area contributed by atoms with E-state index in [1.807, 2.05) is 30.3 Å². The summed E-state index contributed by atoms with van der Waals surface area (Å²) in [5.41, 5.74) is 1.27. The summed E-state index contributed by atoms with van der Waals surface area (Å²) in [6.07, 6.45) is 4.48. The normalized spacial score (nSPS) is 15.7. The maximum atomic E-state index is 12.1. The van der Waals surface area contributed by atoms with Gasteiger partial charge in [-0.1, -0.05) is 23.4 Å². The largest absolute Gasteiger partial charge is 0.396 e. The first-order valence-corrected chi connectivity index (χ1v) is 7.09. The molecule has 2 N–H and O–H groups in total. The minimum Gasteiger partial charge on any atom is -0.396 e. The number of hydrogen-bond acceptors (Lipinski definition) is 4. The molecule has 1 heterocycles. The first kappa shape index (κ1) is 13.8. The summed E-state index contributed by atoms with van der Waals surface area (Å²) in [7, 11) is 0. The number of benzene rings is 1. The molecule has 6 nitrogen and oxygen atoms in total. The van der Waals surface area contributed by atoms with E-state index >= 15 is 0 Å². The van der Waals surface area contributed by atoms with Crippen LogP contribution in [0.2, 0.25) is 0 Å². The average Bonchev–Trinajstić information content (AvgIpc) is 3.10. The van der Waals surface area contributed by atoms with Crippen molar-refractivity contribution in [1.82, 2.24) is 20.3 Å². The molecule has 0 saturated heterocycles. The number of aromatic nitrogens is 3. The number of nitrogens with zero attached hydrogens (tertiary/aromatic N) is 3. The third-order valence-electron chi connectivity index (χ3n) is 3.97. The second kappa shape index (κ2) is 5.65. The van der Waals surface area contributed by atoms with Crippen molar-refractivity contribution in [2.24, 2.45) is 5.41 Å². The fraction of sp³-hybridized carbons (Fsp3) is 0.400. The van der Waals surface area contributed by atoms with Crippen LogP contribution in [0.4, 0.5) is 0 Å². The Morgan fingerprint density at radius 1 is 1.33 bits per heavy atom. The highest BCUT2D eigenvalue weighted by Gasteiger charge is 2.42. The molecule has 0 aliphatic heterocycles. The van der Waals surface area contributed by atoms with Crippen molar-refractivity contribution in [2.75, 3.05) is 13.2 Å². The SMILES string of the molecule is O=C(NCC1(CCO)CC1)c1cn(-c2ccccc2)nn1. The minimum atomic E-state index is -0.221. The van der Waals surface area contributed by atoms with Crippen LogP contribution in [0.1, 0.15) is 29.8 Å². The number of carbonyl (C=O) groups excluding carboxylic acids is 1. The van der Waals surface area contributed by atoms with Crippen molar-refractivity contribution in [3.63, 3.8) is 0 Å². The molecule has 1 aliphatic carbocycles. The van der Waals surface area contributed by atoms with Gasteiger partial charge < -0.3 is 10.4 Å². The van der Waals surface area contributed by atoms with E-state index in [9.17, 15) is 4.79 Å². The molecule has 0 spiro atoms. The number of carbonyl (C=O) groups is 1. The molecule has 3 rings (SSSR count). The Morgan fingerprint density at radius 3 is 2.76 bits per heavy atom. The zero-order valence-corrected chi connectivity index (χ0v) is 11.7. The average molecular weight is 286 g/mol. The van der Waals surface area contributed by atoms with E-state index in [4.69, 9.17) is 5.11 Å². The Bertz CT molecular complexity index is 620. The van der Waals surface area contributed by atoms with Gasteiger partial charge >= 0.3 is 0 Å². The van der Waals surface area contributed by atoms with Crippen LogP contribution in [0.25, 0.3) is 5.69 Å². The summed E-state index contributed by atoms with van der Waals surface area (Å²) in [5, 5.41) is 19.8. The number of para-hydroxylation sites is 1. The highest BCUT2D eigenvalue weighted by atomic mass is 16.3. The molecule has 6 heteroatoms. The van der Waals surface area contributed by atoms with Crippen molar-refractivity contribution >= 4 is 5.91 Å². The molecular weight excluding hydrogens is 268 g/mol. The van der Waals surface area contributed by atoms with Crippen LogP contribution in [0.3, 0.4) is 0 Å². The molecule has 1 fully saturated rings. The number of rotatable bonds is 6. The van der Waals surface area contributed by atoms with Gasteiger partial charge in [-0.25, -0.2) is 4.68 Å². The van der Waals surface area contributed by atoms with Gasteiger partial charge in [0.2, 0.25) is 0 Å². The molecule has 0 bridgehead atoms. The number of nitrogens with one attached hydrogen (secondary N) is 1. The molecule has 1 aromatic carbocycles. The standard InChI is InChI=1S/C15H18N4O2/c20-9-8-15(6-7-15)11-16-14(21)13-10-19(18-17-13)12-4-2-1-3-5-12/h1-5,10,20H,6-9,11H2,(H,16,21). The van der Waals surface area contributed by atoms with Crippen LogP contribution in [-0.4, -0.2) is 39.2 Å². The molecule has 1 aromatic heterocycles. The predicted molar refractivity (Wildman–Crippen MR) is 77.1 cm³/mol. The lowest BCUT2D eigenvalue weighted by Gasteiger charge is -2.13. The summed E-state index contributed by atoms with van der Waals surface area (Å²) < 4.78 is 1.58. The third kappa shape index (κ3) is 3.11. The molecule has 0 radical (unpaired) electrons. The fourth-order valence-electron chi connectivity index (χ4n) is 2.36. The molecule has 21 heavy (non-hydrogen) atoms. The van der Waals surface area contributed by atoms with Gasteiger partial charge in [-0.05, 0) is 36.8 Å². The van der Waals surface area contributed by atoms with E-state index in [-0.39, 0.29) is 17.9 Å². The molecular formula is C15H18N4O2. The lowest BCUT2D eigenvalue weighted by molar-refractivity contribution is 0.0935. The zero-order valence-electron chi connectivity index (χ0n) is 11.7. The van der Waals surface area contributed by atoms with Crippen LogP contribution >= 0.6 is 0 Å². The first-order valence-electron chi connectivity index (χ1n) is 7.09. The van der Waals surface area contributed by atoms with Gasteiger partial charge in [-0.15, -0.1) is 5.10 Å². The van der Waals surface area contributed by atoms with E-state index in [0.717, 1.165) is 24.9 Å². The molecule has 1 amide bonds. The molecule has 1 aliphatic rings. The number of aliphatic hydroxyl groups excluding tert-OH is 1. The molecule has 2 aromatic rings. The molecule has 0 atom stereocenters. The van der Waals surface area contributed by atoms with Crippen molar-refractivity contribution in [3.8, 4) is 5.69 Å². The van der Waals surface area contributed by atoms with Gasteiger partial charge in [-0.3, -0.25) is 4.79 Å². The van der Waals surface area contributed by atoms with Gasteiger partial charge in [0.1, 0.15) is 0 Å². The Labute approximate surface area is 122 Å². The Hall–Kier alpha value is -2.21. The smallest absolute Gasteiger partial charge is 0.273 e. The summed E-state index contributed by atoms with van der Waals surface area (Å²) in [6.45, 7) is 0.755. The fourth-order valence-corrected chi connectivity index (χ4v) is 2.36. The highest BCUT2D eigenvalue weighted by molar-refractivity contribution is 5.91. The number of aliphatic hydroxyl groups is 1. The van der Waals surface area contributed by atoms with Crippen molar-refractivity contribution in [2.45, 2.75) is 19.3 Å². The van der Waals surface area contributed by atoms with E-state index in [1.165, 1.54) is 0 Å². The van der Waals surface area contributed by atoms with Gasteiger partial charge in [0, 0.05) is 13.2 Å².